The number of aromatic nitrogens is 2. The molecule has 0 radical (unpaired) electrons. The Morgan fingerprint density at radius 2 is 1.74 bits per heavy atom. The highest BCUT2D eigenvalue weighted by atomic mass is 16.5. The first-order chi connectivity index (χ1) is 17.0. The number of alkyl carbamates (subject to hydrolysis) is 1. The summed E-state index contributed by atoms with van der Waals surface area (Å²) in [5.74, 6) is 0.752. The van der Waals surface area contributed by atoms with Gasteiger partial charge < -0.3 is 19.9 Å². The molecule has 3 atom stereocenters. The minimum atomic E-state index is -0.572. The molecule has 0 saturated carbocycles. The maximum atomic E-state index is 13.2. The number of amides is 2. The Hall–Kier alpha value is -3.87. The van der Waals surface area contributed by atoms with Gasteiger partial charge in [0, 0.05) is 6.04 Å². The van der Waals surface area contributed by atoms with Gasteiger partial charge in [-0.15, -0.1) is 0 Å². The lowest BCUT2D eigenvalue weighted by molar-refractivity contribution is -0.139. The molecule has 35 heavy (non-hydrogen) atoms. The Kier molecular flexibility index (Phi) is 5.20. The van der Waals surface area contributed by atoms with Crippen molar-refractivity contribution in [1.29, 1.82) is 0 Å². The second-order valence-corrected chi connectivity index (χ2v) is 9.68. The van der Waals surface area contributed by atoms with Crippen LogP contribution in [-0.2, 0) is 9.53 Å². The number of carbonyl (C=O) groups excluding carboxylic acids is 2. The molecule has 2 saturated heterocycles. The number of ether oxygens (including phenoxy) is 1. The first-order valence-electron chi connectivity index (χ1n) is 12.2. The summed E-state index contributed by atoms with van der Waals surface area (Å²) in [7, 11) is 1.31. The average Bonchev–Trinajstić information content (AvgIpc) is 3.49. The monoisotopic (exact) mass is 468 g/mol. The Labute approximate surface area is 203 Å². The number of piperidine rings is 1. The van der Waals surface area contributed by atoms with Crippen LogP contribution in [0.2, 0.25) is 0 Å². The summed E-state index contributed by atoms with van der Waals surface area (Å²) in [4.78, 5) is 35.2. The van der Waals surface area contributed by atoms with Crippen LogP contribution in [0.3, 0.4) is 0 Å². The molecule has 2 amide bonds. The van der Waals surface area contributed by atoms with Crippen LogP contribution < -0.4 is 5.32 Å². The standard InChI is InChI=1S/C28H28N4O3/c1-16-3-4-18-14-19(6-5-17(18)13-16)20-7-10-22-24(15-20)30-26(29-22)25-12-9-21-8-11-23(27(33)32(21)25)31-28(34)35-2/h3-7,10,13-15,21,23,25H,8-9,11-12H2,1-2H3,(H,29,30)(H,31,34)/t21-,23-,25-/m0/s1. The summed E-state index contributed by atoms with van der Waals surface area (Å²) in [6.07, 6.45) is 2.73. The fourth-order valence-electron chi connectivity index (χ4n) is 5.68. The number of fused-ring (bicyclic) bond motifs is 3. The number of methoxy groups -OCH3 is 1. The van der Waals surface area contributed by atoms with Crippen LogP contribution >= 0.6 is 0 Å². The second kappa shape index (κ2) is 8.41. The van der Waals surface area contributed by atoms with Crippen molar-refractivity contribution >= 4 is 33.8 Å². The smallest absolute Gasteiger partial charge is 0.407 e. The maximum Gasteiger partial charge on any atom is 0.407 e. The van der Waals surface area contributed by atoms with E-state index in [2.05, 4.69) is 65.8 Å². The van der Waals surface area contributed by atoms with E-state index in [0.29, 0.717) is 6.42 Å². The van der Waals surface area contributed by atoms with Gasteiger partial charge >= 0.3 is 6.09 Å². The molecular formula is C28H28N4O3. The minimum absolute atomic E-state index is 0.0540. The molecule has 2 N–H and O–H groups in total. The van der Waals surface area contributed by atoms with Crippen molar-refractivity contribution in [3.05, 3.63) is 66.0 Å². The molecule has 7 heteroatoms. The summed E-state index contributed by atoms with van der Waals surface area (Å²) in [6.45, 7) is 2.11. The van der Waals surface area contributed by atoms with E-state index in [0.717, 1.165) is 47.2 Å². The lowest BCUT2D eigenvalue weighted by Gasteiger charge is -2.37. The normalized spacial score (nSPS) is 21.9. The number of H-pyrrole nitrogens is 1. The summed E-state index contributed by atoms with van der Waals surface area (Å²) in [5, 5.41) is 5.14. The molecule has 0 spiro atoms. The van der Waals surface area contributed by atoms with Crippen LogP contribution in [0.15, 0.2) is 54.6 Å². The third kappa shape index (κ3) is 3.81. The predicted molar refractivity (Wildman–Crippen MR) is 135 cm³/mol. The number of hydrogen-bond donors (Lipinski definition) is 2. The van der Waals surface area contributed by atoms with Gasteiger partial charge in [0.1, 0.15) is 11.9 Å². The molecule has 0 bridgehead atoms. The van der Waals surface area contributed by atoms with Gasteiger partial charge in [0.2, 0.25) is 5.91 Å². The van der Waals surface area contributed by atoms with E-state index < -0.39 is 12.1 Å². The fraction of sp³-hybridized carbons (Fsp3) is 0.321. The van der Waals surface area contributed by atoms with Gasteiger partial charge in [-0.3, -0.25) is 4.79 Å². The number of rotatable bonds is 3. The molecule has 2 fully saturated rings. The van der Waals surface area contributed by atoms with Gasteiger partial charge in [-0.1, -0.05) is 42.0 Å². The SMILES string of the molecule is COC(=O)N[C@H]1CC[C@H]2CC[C@@H](c3nc4ccc(-c5ccc6cc(C)ccc6c5)cc4[nH]3)N2C1=O. The minimum Gasteiger partial charge on any atom is -0.453 e. The summed E-state index contributed by atoms with van der Waals surface area (Å²) < 4.78 is 4.70. The molecule has 6 rings (SSSR count). The first kappa shape index (κ1) is 21.6. The van der Waals surface area contributed by atoms with Gasteiger partial charge in [0.05, 0.1) is 24.2 Å². The van der Waals surface area contributed by atoms with Crippen LogP contribution in [0.4, 0.5) is 4.79 Å². The lowest BCUT2D eigenvalue weighted by Crippen LogP contribution is -2.54. The van der Waals surface area contributed by atoms with E-state index in [9.17, 15) is 9.59 Å². The van der Waals surface area contributed by atoms with E-state index in [-0.39, 0.29) is 18.0 Å². The van der Waals surface area contributed by atoms with Crippen LogP contribution in [0.1, 0.15) is 43.1 Å². The Morgan fingerprint density at radius 1 is 1.00 bits per heavy atom. The van der Waals surface area contributed by atoms with Crippen molar-refractivity contribution in [3.63, 3.8) is 0 Å². The molecule has 0 aliphatic carbocycles. The molecule has 7 nitrogen and oxygen atoms in total. The maximum absolute atomic E-state index is 13.2. The van der Waals surface area contributed by atoms with Gasteiger partial charge in [-0.05, 0) is 72.7 Å². The topological polar surface area (TPSA) is 87.3 Å². The van der Waals surface area contributed by atoms with Crippen molar-refractivity contribution in [3.8, 4) is 11.1 Å². The third-order valence-corrected chi connectivity index (χ3v) is 7.47. The lowest BCUT2D eigenvalue weighted by atomic mass is 9.98. The largest absolute Gasteiger partial charge is 0.453 e. The van der Waals surface area contributed by atoms with E-state index >= 15 is 0 Å². The zero-order valence-electron chi connectivity index (χ0n) is 19.9. The van der Waals surface area contributed by atoms with E-state index in [1.807, 2.05) is 11.0 Å². The zero-order valence-corrected chi connectivity index (χ0v) is 19.9. The van der Waals surface area contributed by atoms with E-state index in [1.165, 1.54) is 23.4 Å². The fourth-order valence-corrected chi connectivity index (χ4v) is 5.68. The Bertz CT molecular complexity index is 1460. The summed E-state index contributed by atoms with van der Waals surface area (Å²) in [6, 6.07) is 18.8. The Balaban J connectivity index is 1.30. The number of nitrogens with zero attached hydrogens (tertiary/aromatic N) is 2. The zero-order chi connectivity index (χ0) is 24.1. The third-order valence-electron chi connectivity index (χ3n) is 7.47. The number of carbonyl (C=O) groups is 2. The second-order valence-electron chi connectivity index (χ2n) is 9.68. The quantitative estimate of drug-likeness (QED) is 0.430. The average molecular weight is 469 g/mol. The number of hydrogen-bond acceptors (Lipinski definition) is 4. The molecule has 1 aromatic heterocycles. The number of aryl methyl sites for hydroxylation is 1. The molecule has 178 valence electrons. The molecule has 0 unspecified atom stereocenters. The molecule has 2 aliphatic rings. The number of imidazole rings is 1. The number of benzene rings is 3. The van der Waals surface area contributed by atoms with Crippen molar-refractivity contribution in [2.24, 2.45) is 0 Å². The number of aromatic amines is 1. The van der Waals surface area contributed by atoms with Crippen molar-refractivity contribution < 1.29 is 14.3 Å². The van der Waals surface area contributed by atoms with Crippen LogP contribution in [0.5, 0.6) is 0 Å². The molecule has 3 heterocycles. The molecular weight excluding hydrogens is 440 g/mol. The highest BCUT2D eigenvalue weighted by molar-refractivity contribution is 5.90. The summed E-state index contributed by atoms with van der Waals surface area (Å²) in [5.41, 5.74) is 5.38. The van der Waals surface area contributed by atoms with Crippen molar-refractivity contribution in [2.45, 2.75) is 50.7 Å². The highest BCUT2D eigenvalue weighted by Crippen LogP contribution is 2.41. The Morgan fingerprint density at radius 3 is 2.60 bits per heavy atom. The van der Waals surface area contributed by atoms with Gasteiger partial charge in [0.15, 0.2) is 0 Å². The van der Waals surface area contributed by atoms with E-state index in [4.69, 9.17) is 9.72 Å². The molecule has 2 aliphatic heterocycles. The predicted octanol–water partition coefficient (Wildman–Crippen LogP) is 5.24. The van der Waals surface area contributed by atoms with Crippen molar-refractivity contribution in [1.82, 2.24) is 20.2 Å². The highest BCUT2D eigenvalue weighted by Gasteiger charge is 2.45. The van der Waals surface area contributed by atoms with Gasteiger partial charge in [0.25, 0.3) is 0 Å². The molecule has 3 aromatic carbocycles. The number of nitrogens with one attached hydrogen (secondary N) is 2. The van der Waals surface area contributed by atoms with Crippen LogP contribution in [-0.4, -0.2) is 46.1 Å². The first-order valence-corrected chi connectivity index (χ1v) is 12.2. The van der Waals surface area contributed by atoms with Crippen LogP contribution in [0, 0.1) is 6.92 Å². The van der Waals surface area contributed by atoms with Gasteiger partial charge in [-0.2, -0.15) is 0 Å². The van der Waals surface area contributed by atoms with E-state index in [1.54, 1.807) is 0 Å². The van der Waals surface area contributed by atoms with Crippen LogP contribution in [0.25, 0.3) is 32.9 Å². The van der Waals surface area contributed by atoms with Gasteiger partial charge in [-0.25, -0.2) is 9.78 Å². The summed E-state index contributed by atoms with van der Waals surface area (Å²) >= 11 is 0. The van der Waals surface area contributed by atoms with Crippen molar-refractivity contribution in [2.75, 3.05) is 7.11 Å². The molecule has 4 aromatic rings.